The van der Waals surface area contributed by atoms with E-state index >= 15 is 0 Å². The average molecular weight is 352 g/mol. The van der Waals surface area contributed by atoms with Crippen molar-refractivity contribution in [2.45, 2.75) is 26.0 Å². The van der Waals surface area contributed by atoms with Crippen molar-refractivity contribution in [1.82, 2.24) is 14.8 Å². The summed E-state index contributed by atoms with van der Waals surface area (Å²) in [7, 11) is 0. The molecule has 134 valence electrons. The summed E-state index contributed by atoms with van der Waals surface area (Å²) in [6.07, 6.45) is 4.24. The highest BCUT2D eigenvalue weighted by atomic mass is 16.5. The Balaban J connectivity index is 1.50. The molecule has 26 heavy (non-hydrogen) atoms. The Morgan fingerprint density at radius 1 is 1.38 bits per heavy atom. The van der Waals surface area contributed by atoms with E-state index in [1.807, 2.05) is 36.0 Å². The van der Waals surface area contributed by atoms with E-state index in [2.05, 4.69) is 15.4 Å². The second kappa shape index (κ2) is 7.13. The van der Waals surface area contributed by atoms with Crippen LogP contribution in [-0.4, -0.2) is 40.0 Å². The molecule has 4 rings (SSSR count). The fourth-order valence-electron chi connectivity index (χ4n) is 3.00. The molecular formula is C19H20N4O3. The van der Waals surface area contributed by atoms with Crippen LogP contribution < -0.4 is 10.1 Å². The monoisotopic (exact) mass is 352 g/mol. The third kappa shape index (κ3) is 3.39. The molecule has 0 spiro atoms. The van der Waals surface area contributed by atoms with Crippen molar-refractivity contribution in [2.75, 3.05) is 18.5 Å². The zero-order valence-electron chi connectivity index (χ0n) is 14.5. The standard InChI is InChI=1S/C19H20N4O3/c1-2-23-17-10-15(4-3-14(17)11-21-23)22-19(24)13-5-7-20-18(9-13)26-16-6-8-25-12-16/h3-5,7,9-11,16H,2,6,8,12H2,1H3,(H,22,24). The normalized spacial score (nSPS) is 16.7. The lowest BCUT2D eigenvalue weighted by Gasteiger charge is -2.11. The Morgan fingerprint density at radius 3 is 3.12 bits per heavy atom. The zero-order valence-corrected chi connectivity index (χ0v) is 14.5. The van der Waals surface area contributed by atoms with E-state index in [-0.39, 0.29) is 12.0 Å². The van der Waals surface area contributed by atoms with Crippen molar-refractivity contribution >= 4 is 22.5 Å². The van der Waals surface area contributed by atoms with E-state index < -0.39 is 0 Å². The van der Waals surface area contributed by atoms with Crippen molar-refractivity contribution < 1.29 is 14.3 Å². The van der Waals surface area contributed by atoms with Gasteiger partial charge >= 0.3 is 0 Å². The third-order valence-electron chi connectivity index (χ3n) is 4.37. The summed E-state index contributed by atoms with van der Waals surface area (Å²) in [5.41, 5.74) is 2.21. The highest BCUT2D eigenvalue weighted by Crippen LogP contribution is 2.21. The summed E-state index contributed by atoms with van der Waals surface area (Å²) >= 11 is 0. The van der Waals surface area contributed by atoms with Crippen molar-refractivity contribution in [3.05, 3.63) is 48.3 Å². The molecule has 2 aromatic heterocycles. The molecule has 3 aromatic rings. The first-order valence-electron chi connectivity index (χ1n) is 8.70. The molecule has 0 saturated carbocycles. The van der Waals surface area contributed by atoms with Crippen LogP contribution in [0.5, 0.6) is 5.88 Å². The number of aryl methyl sites for hydroxylation is 1. The van der Waals surface area contributed by atoms with Gasteiger partial charge in [-0.3, -0.25) is 9.48 Å². The lowest BCUT2D eigenvalue weighted by atomic mass is 10.2. The number of hydrogen-bond acceptors (Lipinski definition) is 5. The number of nitrogens with one attached hydrogen (secondary N) is 1. The quantitative estimate of drug-likeness (QED) is 0.764. The number of carbonyl (C=O) groups is 1. The molecular weight excluding hydrogens is 332 g/mol. The Morgan fingerprint density at radius 2 is 2.31 bits per heavy atom. The van der Waals surface area contributed by atoms with Crippen LogP contribution in [0.2, 0.25) is 0 Å². The number of amides is 1. The number of pyridine rings is 1. The fourth-order valence-corrected chi connectivity index (χ4v) is 3.00. The third-order valence-corrected chi connectivity index (χ3v) is 4.37. The Labute approximate surface area is 150 Å². The Kier molecular flexibility index (Phi) is 4.53. The smallest absolute Gasteiger partial charge is 0.255 e. The van der Waals surface area contributed by atoms with Crippen LogP contribution in [0.3, 0.4) is 0 Å². The highest BCUT2D eigenvalue weighted by molar-refractivity contribution is 6.05. The second-order valence-corrected chi connectivity index (χ2v) is 6.17. The molecule has 3 heterocycles. The summed E-state index contributed by atoms with van der Waals surface area (Å²) in [4.78, 5) is 16.8. The molecule has 1 atom stereocenters. The van der Waals surface area contributed by atoms with Crippen molar-refractivity contribution in [3.8, 4) is 5.88 Å². The minimum absolute atomic E-state index is 0.00227. The van der Waals surface area contributed by atoms with Gasteiger partial charge < -0.3 is 14.8 Å². The van der Waals surface area contributed by atoms with E-state index in [1.54, 1.807) is 18.3 Å². The SMILES string of the molecule is CCn1ncc2ccc(NC(=O)c3ccnc(OC4CCOC4)c3)cc21. The number of ether oxygens (including phenoxy) is 2. The molecule has 1 aliphatic heterocycles. The maximum Gasteiger partial charge on any atom is 0.255 e. The molecule has 1 fully saturated rings. The van der Waals surface area contributed by atoms with Crippen LogP contribution in [-0.2, 0) is 11.3 Å². The van der Waals surface area contributed by atoms with Gasteiger partial charge in [0.15, 0.2) is 0 Å². The van der Waals surface area contributed by atoms with Gasteiger partial charge in [-0.1, -0.05) is 0 Å². The first kappa shape index (κ1) is 16.5. The molecule has 1 saturated heterocycles. The lowest BCUT2D eigenvalue weighted by Crippen LogP contribution is -2.17. The van der Waals surface area contributed by atoms with Crippen LogP contribution in [0.15, 0.2) is 42.7 Å². The highest BCUT2D eigenvalue weighted by Gasteiger charge is 2.18. The van der Waals surface area contributed by atoms with Gasteiger partial charge in [0.1, 0.15) is 6.10 Å². The fraction of sp³-hybridized carbons (Fsp3) is 0.316. The average Bonchev–Trinajstić information content (AvgIpc) is 3.31. The minimum Gasteiger partial charge on any atom is -0.472 e. The predicted molar refractivity (Wildman–Crippen MR) is 97.4 cm³/mol. The van der Waals surface area contributed by atoms with Gasteiger partial charge in [-0.2, -0.15) is 5.10 Å². The molecule has 7 heteroatoms. The second-order valence-electron chi connectivity index (χ2n) is 6.17. The number of carbonyl (C=O) groups excluding carboxylic acids is 1. The van der Waals surface area contributed by atoms with Gasteiger partial charge in [-0.05, 0) is 31.2 Å². The van der Waals surface area contributed by atoms with E-state index in [0.29, 0.717) is 24.7 Å². The molecule has 1 aromatic carbocycles. The number of hydrogen-bond donors (Lipinski definition) is 1. The summed E-state index contributed by atoms with van der Waals surface area (Å²) in [6.45, 7) is 4.06. The Hall–Kier alpha value is -2.93. The Bertz CT molecular complexity index is 931. The molecule has 0 radical (unpaired) electrons. The molecule has 1 N–H and O–H groups in total. The van der Waals surface area contributed by atoms with Crippen LogP contribution in [0.1, 0.15) is 23.7 Å². The molecule has 1 unspecified atom stereocenters. The van der Waals surface area contributed by atoms with E-state index in [1.165, 1.54) is 0 Å². The van der Waals surface area contributed by atoms with Gasteiger partial charge in [-0.25, -0.2) is 4.98 Å². The number of fused-ring (bicyclic) bond motifs is 1. The van der Waals surface area contributed by atoms with E-state index in [0.717, 1.165) is 29.6 Å². The maximum atomic E-state index is 12.6. The van der Waals surface area contributed by atoms with Gasteiger partial charge in [0.25, 0.3) is 5.91 Å². The molecule has 1 amide bonds. The number of rotatable bonds is 5. The number of anilines is 1. The lowest BCUT2D eigenvalue weighted by molar-refractivity contribution is 0.102. The predicted octanol–water partition coefficient (Wildman–Crippen LogP) is 2.87. The summed E-state index contributed by atoms with van der Waals surface area (Å²) in [5.74, 6) is 0.231. The molecule has 0 bridgehead atoms. The van der Waals surface area contributed by atoms with Crippen LogP contribution in [0.4, 0.5) is 5.69 Å². The van der Waals surface area contributed by atoms with E-state index in [9.17, 15) is 4.79 Å². The van der Waals surface area contributed by atoms with Crippen molar-refractivity contribution in [1.29, 1.82) is 0 Å². The topological polar surface area (TPSA) is 78.3 Å². The summed E-state index contributed by atoms with van der Waals surface area (Å²) in [6, 6.07) is 9.07. The minimum atomic E-state index is -0.207. The molecule has 1 aliphatic rings. The first-order valence-corrected chi connectivity index (χ1v) is 8.70. The van der Waals surface area contributed by atoms with Crippen molar-refractivity contribution in [2.24, 2.45) is 0 Å². The van der Waals surface area contributed by atoms with Crippen LogP contribution in [0.25, 0.3) is 10.9 Å². The van der Waals surface area contributed by atoms with Gasteiger partial charge in [0, 0.05) is 41.9 Å². The summed E-state index contributed by atoms with van der Waals surface area (Å²) < 4.78 is 13.0. The first-order chi connectivity index (χ1) is 12.7. The van der Waals surface area contributed by atoms with Gasteiger partial charge in [0.2, 0.25) is 5.88 Å². The largest absolute Gasteiger partial charge is 0.472 e. The van der Waals surface area contributed by atoms with Crippen molar-refractivity contribution in [3.63, 3.8) is 0 Å². The number of benzene rings is 1. The zero-order chi connectivity index (χ0) is 17.9. The van der Waals surface area contributed by atoms with Gasteiger partial charge in [0.05, 0.1) is 24.9 Å². The van der Waals surface area contributed by atoms with Crippen LogP contribution >= 0.6 is 0 Å². The molecule has 7 nitrogen and oxygen atoms in total. The number of aromatic nitrogens is 3. The van der Waals surface area contributed by atoms with E-state index in [4.69, 9.17) is 9.47 Å². The summed E-state index contributed by atoms with van der Waals surface area (Å²) in [5, 5.41) is 8.29. The van der Waals surface area contributed by atoms with Gasteiger partial charge in [-0.15, -0.1) is 0 Å². The maximum absolute atomic E-state index is 12.6. The molecule has 0 aliphatic carbocycles. The van der Waals surface area contributed by atoms with Crippen LogP contribution in [0, 0.1) is 0 Å². The number of nitrogens with zero attached hydrogens (tertiary/aromatic N) is 3.